The molecular formula is C11H9N2O. The van der Waals surface area contributed by atoms with Gasteiger partial charge in [-0.05, 0) is 22.9 Å². The van der Waals surface area contributed by atoms with Gasteiger partial charge in [0.05, 0.1) is 5.69 Å². The molecule has 0 spiro atoms. The maximum absolute atomic E-state index is 10.6. The summed E-state index contributed by atoms with van der Waals surface area (Å²) in [6.45, 7) is 0. The minimum absolute atomic E-state index is 0.594. The maximum atomic E-state index is 10.6. The van der Waals surface area contributed by atoms with Gasteiger partial charge in [0, 0.05) is 0 Å². The third kappa shape index (κ3) is 1.66. The molecule has 2 N–H and O–H groups in total. The first-order chi connectivity index (χ1) is 6.75. The van der Waals surface area contributed by atoms with Crippen LogP contribution in [0, 0.1) is 0 Å². The molecule has 0 aliphatic carbocycles. The van der Waals surface area contributed by atoms with E-state index in [4.69, 9.17) is 5.73 Å². The van der Waals surface area contributed by atoms with Crippen molar-refractivity contribution in [1.29, 1.82) is 0 Å². The number of fused-ring (bicyclic) bond motifs is 1. The van der Waals surface area contributed by atoms with Crippen LogP contribution in [-0.2, 0) is 0 Å². The van der Waals surface area contributed by atoms with Gasteiger partial charge in [-0.15, -0.1) is 0 Å². The van der Waals surface area contributed by atoms with E-state index < -0.39 is 6.03 Å². The number of carbonyl (C=O) groups excluding carboxylic acids is 1. The number of urea groups is 1. The highest BCUT2D eigenvalue weighted by atomic mass is 16.2. The molecule has 3 nitrogen and oxygen atoms in total. The fourth-order valence-electron chi connectivity index (χ4n) is 1.37. The summed E-state index contributed by atoms with van der Waals surface area (Å²) in [5.74, 6) is 0. The van der Waals surface area contributed by atoms with E-state index in [-0.39, 0.29) is 0 Å². The lowest BCUT2D eigenvalue weighted by molar-refractivity contribution is 0.252. The molecule has 3 heteroatoms. The van der Waals surface area contributed by atoms with Gasteiger partial charge in [0.25, 0.3) is 0 Å². The maximum Gasteiger partial charge on any atom is 0.338 e. The summed E-state index contributed by atoms with van der Waals surface area (Å²) in [7, 11) is 0. The number of benzene rings is 2. The van der Waals surface area contributed by atoms with Crippen molar-refractivity contribution in [1.82, 2.24) is 5.32 Å². The first-order valence-electron chi connectivity index (χ1n) is 4.26. The topological polar surface area (TPSA) is 57.2 Å². The first-order valence-corrected chi connectivity index (χ1v) is 4.26. The Kier molecular flexibility index (Phi) is 2.07. The smallest absolute Gasteiger partial charge is 0.338 e. The third-order valence-electron chi connectivity index (χ3n) is 1.97. The Morgan fingerprint density at radius 1 is 1.07 bits per heavy atom. The van der Waals surface area contributed by atoms with E-state index in [1.807, 2.05) is 36.4 Å². The Hall–Kier alpha value is -2.03. The lowest BCUT2D eigenvalue weighted by Crippen LogP contribution is -2.18. The highest BCUT2D eigenvalue weighted by Gasteiger charge is 1.99. The van der Waals surface area contributed by atoms with Crippen LogP contribution in [-0.4, -0.2) is 6.03 Å². The van der Waals surface area contributed by atoms with Crippen LogP contribution in [0.3, 0.4) is 0 Å². The van der Waals surface area contributed by atoms with Crippen LogP contribution in [0.25, 0.3) is 10.8 Å². The average Bonchev–Trinajstić information content (AvgIpc) is 2.17. The van der Waals surface area contributed by atoms with Gasteiger partial charge >= 0.3 is 6.03 Å². The molecule has 0 aliphatic rings. The number of nitrogens with zero attached hydrogens (tertiary/aromatic N) is 1. The number of primary amides is 1. The van der Waals surface area contributed by atoms with E-state index in [1.54, 1.807) is 6.07 Å². The number of amides is 2. The highest BCUT2D eigenvalue weighted by molar-refractivity contribution is 5.87. The Balaban J connectivity index is 2.46. The minimum Gasteiger partial charge on any atom is -0.350 e. The van der Waals surface area contributed by atoms with E-state index in [9.17, 15) is 4.79 Å². The van der Waals surface area contributed by atoms with Gasteiger partial charge in [-0.1, -0.05) is 30.3 Å². The lowest BCUT2D eigenvalue weighted by Gasteiger charge is -2.00. The number of hydrogen-bond acceptors (Lipinski definition) is 1. The van der Waals surface area contributed by atoms with E-state index in [2.05, 4.69) is 5.32 Å². The van der Waals surface area contributed by atoms with Crippen LogP contribution in [0.1, 0.15) is 0 Å². The number of hydrogen-bond donors (Lipinski definition) is 1. The number of carbonyl (C=O) groups is 1. The summed E-state index contributed by atoms with van der Waals surface area (Å²) in [4.78, 5) is 10.6. The molecule has 14 heavy (non-hydrogen) atoms. The Morgan fingerprint density at radius 2 is 1.79 bits per heavy atom. The molecule has 0 atom stereocenters. The largest absolute Gasteiger partial charge is 0.350 e. The quantitative estimate of drug-likeness (QED) is 0.727. The van der Waals surface area contributed by atoms with E-state index in [0.29, 0.717) is 5.69 Å². The average molecular weight is 185 g/mol. The molecule has 0 unspecified atom stereocenters. The molecule has 2 rings (SSSR count). The third-order valence-corrected chi connectivity index (χ3v) is 1.97. The molecule has 0 bridgehead atoms. The zero-order chi connectivity index (χ0) is 9.97. The normalized spacial score (nSPS) is 10.0. The minimum atomic E-state index is -0.666. The lowest BCUT2D eigenvalue weighted by atomic mass is 10.1. The molecule has 2 aromatic carbocycles. The van der Waals surface area contributed by atoms with Crippen LogP contribution in [0.15, 0.2) is 42.5 Å². The van der Waals surface area contributed by atoms with Gasteiger partial charge in [0.15, 0.2) is 0 Å². The number of nitrogens with two attached hydrogens (primary N) is 1. The second-order valence-corrected chi connectivity index (χ2v) is 2.98. The molecule has 0 saturated heterocycles. The Bertz CT molecular complexity index is 479. The molecule has 0 aromatic heterocycles. The van der Waals surface area contributed by atoms with Gasteiger partial charge in [-0.25, -0.2) is 4.79 Å². The molecule has 1 radical (unpaired) electrons. The van der Waals surface area contributed by atoms with E-state index >= 15 is 0 Å². The molecule has 0 heterocycles. The second kappa shape index (κ2) is 3.38. The summed E-state index contributed by atoms with van der Waals surface area (Å²) in [6.07, 6.45) is 0. The van der Waals surface area contributed by atoms with Gasteiger partial charge in [-0.3, -0.25) is 0 Å². The summed E-state index contributed by atoms with van der Waals surface area (Å²) in [5, 5.41) is 5.82. The first kappa shape index (κ1) is 8.56. The zero-order valence-electron chi connectivity index (χ0n) is 7.47. The predicted molar refractivity (Wildman–Crippen MR) is 55.3 cm³/mol. The summed E-state index contributed by atoms with van der Waals surface area (Å²) >= 11 is 0. The monoisotopic (exact) mass is 185 g/mol. The molecule has 0 saturated carbocycles. The fourth-order valence-corrected chi connectivity index (χ4v) is 1.37. The van der Waals surface area contributed by atoms with E-state index in [1.165, 1.54) is 0 Å². The highest BCUT2D eigenvalue weighted by Crippen LogP contribution is 2.18. The van der Waals surface area contributed by atoms with Crippen LogP contribution >= 0.6 is 0 Å². The standard InChI is InChI=1S/C11H9N2O/c12-11(14)13-10-6-5-8-3-1-2-4-9(8)7-10/h1-7H,(H2,12,14). The van der Waals surface area contributed by atoms with E-state index in [0.717, 1.165) is 10.8 Å². The molecule has 2 aromatic rings. The molecule has 0 aliphatic heterocycles. The summed E-state index contributed by atoms with van der Waals surface area (Å²) in [6, 6.07) is 12.7. The van der Waals surface area contributed by atoms with Crippen LogP contribution in [0.5, 0.6) is 0 Å². The van der Waals surface area contributed by atoms with Crippen molar-refractivity contribution in [2.24, 2.45) is 5.73 Å². The van der Waals surface area contributed by atoms with Crippen molar-refractivity contribution in [3.63, 3.8) is 0 Å². The molecule has 0 fully saturated rings. The van der Waals surface area contributed by atoms with Crippen LogP contribution in [0.2, 0.25) is 0 Å². The van der Waals surface area contributed by atoms with Crippen molar-refractivity contribution >= 4 is 22.5 Å². The second-order valence-electron chi connectivity index (χ2n) is 2.98. The van der Waals surface area contributed by atoms with Gasteiger partial charge in [-0.2, -0.15) is 5.32 Å². The van der Waals surface area contributed by atoms with Crippen molar-refractivity contribution in [2.45, 2.75) is 0 Å². The summed E-state index contributed by atoms with van der Waals surface area (Å²) < 4.78 is 0. The van der Waals surface area contributed by atoms with Crippen molar-refractivity contribution in [3.05, 3.63) is 42.5 Å². The van der Waals surface area contributed by atoms with Crippen molar-refractivity contribution in [2.75, 3.05) is 0 Å². The summed E-state index contributed by atoms with van der Waals surface area (Å²) in [5.41, 5.74) is 5.56. The fraction of sp³-hybridized carbons (Fsp3) is 0. The van der Waals surface area contributed by atoms with Gasteiger partial charge < -0.3 is 5.73 Å². The molecule has 69 valence electrons. The van der Waals surface area contributed by atoms with Crippen LogP contribution < -0.4 is 11.1 Å². The Morgan fingerprint density at radius 3 is 2.50 bits per heavy atom. The van der Waals surface area contributed by atoms with Gasteiger partial charge in [0.1, 0.15) is 0 Å². The Labute approximate surface area is 81.5 Å². The predicted octanol–water partition coefficient (Wildman–Crippen LogP) is 2.15. The van der Waals surface area contributed by atoms with Crippen molar-refractivity contribution < 1.29 is 4.79 Å². The van der Waals surface area contributed by atoms with Crippen LogP contribution in [0.4, 0.5) is 10.5 Å². The molecule has 2 amide bonds. The SMILES string of the molecule is NC(=O)[N]c1ccc2ccccc2c1. The number of rotatable bonds is 1. The van der Waals surface area contributed by atoms with Crippen molar-refractivity contribution in [3.8, 4) is 0 Å². The van der Waals surface area contributed by atoms with Gasteiger partial charge in [0.2, 0.25) is 0 Å². The zero-order valence-corrected chi connectivity index (χ0v) is 7.47. The molecular weight excluding hydrogens is 176 g/mol.